The molecule has 0 saturated carbocycles. The van der Waals surface area contributed by atoms with Gasteiger partial charge in [0.25, 0.3) is 5.56 Å². The summed E-state index contributed by atoms with van der Waals surface area (Å²) in [4.78, 5) is 39.6. The molecule has 1 aromatic heterocycles. The van der Waals surface area contributed by atoms with Gasteiger partial charge in [-0.3, -0.25) is 19.4 Å². The van der Waals surface area contributed by atoms with Crippen LogP contribution in [0.1, 0.15) is 25.8 Å². The van der Waals surface area contributed by atoms with Crippen molar-refractivity contribution in [3.05, 3.63) is 64.4 Å². The molecule has 0 spiro atoms. The highest BCUT2D eigenvalue weighted by atomic mass is 32.2. The Morgan fingerprint density at radius 1 is 1.10 bits per heavy atom. The molecule has 1 heterocycles. The fraction of sp³-hybridized carbons (Fsp3) is 0.227. The van der Waals surface area contributed by atoms with E-state index in [2.05, 4.69) is 25.8 Å². The van der Waals surface area contributed by atoms with Crippen LogP contribution in [-0.2, 0) is 9.59 Å². The van der Waals surface area contributed by atoms with E-state index in [1.165, 1.54) is 0 Å². The zero-order valence-corrected chi connectivity index (χ0v) is 18.2. The molecule has 2 aromatic carbocycles. The molecule has 1 atom stereocenters. The van der Waals surface area contributed by atoms with Gasteiger partial charge in [0.05, 0.1) is 10.9 Å². The number of para-hydroxylation sites is 1. The van der Waals surface area contributed by atoms with E-state index in [0.29, 0.717) is 23.4 Å². The van der Waals surface area contributed by atoms with Crippen molar-refractivity contribution in [2.24, 2.45) is 0 Å². The molecule has 1 unspecified atom stereocenters. The molecule has 160 valence electrons. The highest BCUT2D eigenvalue weighted by Crippen LogP contribution is 2.26. The minimum atomic E-state index is -0.505. The van der Waals surface area contributed by atoms with Crippen LogP contribution in [0, 0.1) is 6.92 Å². The molecule has 9 heteroatoms. The van der Waals surface area contributed by atoms with Gasteiger partial charge in [-0.1, -0.05) is 48.5 Å². The predicted molar refractivity (Wildman–Crippen MR) is 122 cm³/mol. The second-order valence-electron chi connectivity index (χ2n) is 6.87. The van der Waals surface area contributed by atoms with Gasteiger partial charge in [-0.15, -0.1) is 10.2 Å². The number of anilines is 2. The van der Waals surface area contributed by atoms with Crippen molar-refractivity contribution in [1.82, 2.24) is 15.2 Å². The van der Waals surface area contributed by atoms with E-state index in [0.717, 1.165) is 17.3 Å². The first-order chi connectivity index (χ1) is 14.9. The van der Waals surface area contributed by atoms with Gasteiger partial charge in [0.15, 0.2) is 10.9 Å². The SMILES string of the molecule is CCC(=O)Nc1ccc(C)cc1-c1nnc(SC(C)C(=O)Nc2ccccc2)[nH]c1=O. The summed E-state index contributed by atoms with van der Waals surface area (Å²) in [5.74, 6) is -0.383. The molecule has 0 aliphatic heterocycles. The molecule has 8 nitrogen and oxygen atoms in total. The molecule has 0 bridgehead atoms. The van der Waals surface area contributed by atoms with Crippen LogP contribution in [0.15, 0.2) is 58.5 Å². The summed E-state index contributed by atoms with van der Waals surface area (Å²) in [5, 5.41) is 13.5. The zero-order chi connectivity index (χ0) is 22.4. The third-order valence-corrected chi connectivity index (χ3v) is 5.38. The summed E-state index contributed by atoms with van der Waals surface area (Å²) in [6, 6.07) is 14.5. The van der Waals surface area contributed by atoms with Crippen LogP contribution in [-0.4, -0.2) is 32.2 Å². The molecule has 0 fully saturated rings. The standard InChI is InChI=1S/C22H23N5O3S/c1-4-18(28)24-17-11-10-13(2)12-16(17)19-21(30)25-22(27-26-19)31-14(3)20(29)23-15-8-6-5-7-9-15/h5-12,14H,4H2,1-3H3,(H,23,29)(H,24,28)(H,25,27,30). The maximum absolute atomic E-state index is 12.7. The number of carbonyl (C=O) groups excluding carboxylic acids is 2. The van der Waals surface area contributed by atoms with Crippen LogP contribution in [0.25, 0.3) is 11.3 Å². The summed E-state index contributed by atoms with van der Waals surface area (Å²) >= 11 is 1.10. The highest BCUT2D eigenvalue weighted by Gasteiger charge is 2.18. The average molecular weight is 438 g/mol. The normalized spacial score (nSPS) is 11.6. The smallest absolute Gasteiger partial charge is 0.278 e. The maximum Gasteiger partial charge on any atom is 0.278 e. The zero-order valence-electron chi connectivity index (χ0n) is 17.4. The number of hydrogen-bond donors (Lipinski definition) is 3. The molecule has 3 N–H and O–H groups in total. The Labute approximate surface area is 183 Å². The third-order valence-electron chi connectivity index (χ3n) is 4.40. The van der Waals surface area contributed by atoms with Crippen molar-refractivity contribution in [3.8, 4) is 11.3 Å². The number of aromatic nitrogens is 3. The second-order valence-corrected chi connectivity index (χ2v) is 8.20. The van der Waals surface area contributed by atoms with E-state index < -0.39 is 10.8 Å². The van der Waals surface area contributed by atoms with Gasteiger partial charge in [0, 0.05) is 17.7 Å². The minimum absolute atomic E-state index is 0.0980. The summed E-state index contributed by atoms with van der Waals surface area (Å²) in [6.07, 6.45) is 0.313. The number of H-pyrrole nitrogens is 1. The molecule has 0 aliphatic rings. The van der Waals surface area contributed by atoms with E-state index in [1.807, 2.05) is 31.2 Å². The fourth-order valence-electron chi connectivity index (χ4n) is 2.74. The van der Waals surface area contributed by atoms with E-state index in [9.17, 15) is 14.4 Å². The van der Waals surface area contributed by atoms with Crippen LogP contribution in [0.2, 0.25) is 0 Å². The molecule has 0 radical (unpaired) electrons. The summed E-state index contributed by atoms with van der Waals surface area (Å²) in [7, 11) is 0. The molecular weight excluding hydrogens is 414 g/mol. The topological polar surface area (TPSA) is 117 Å². The molecule has 2 amide bonds. The molecule has 3 rings (SSSR count). The van der Waals surface area contributed by atoms with Gasteiger partial charge in [-0.2, -0.15) is 0 Å². The molecule has 3 aromatic rings. The number of hydrogen-bond acceptors (Lipinski definition) is 6. The van der Waals surface area contributed by atoms with Gasteiger partial charge < -0.3 is 10.6 Å². The van der Waals surface area contributed by atoms with Crippen LogP contribution in [0.4, 0.5) is 11.4 Å². The number of carbonyl (C=O) groups is 2. The molecular formula is C22H23N5O3S. The Bertz CT molecular complexity index is 1150. The van der Waals surface area contributed by atoms with Crippen molar-refractivity contribution < 1.29 is 9.59 Å². The third kappa shape index (κ3) is 5.79. The first-order valence-corrected chi connectivity index (χ1v) is 10.7. The van der Waals surface area contributed by atoms with Gasteiger partial charge in [-0.05, 0) is 38.1 Å². The number of aromatic amines is 1. The average Bonchev–Trinajstić information content (AvgIpc) is 2.75. The van der Waals surface area contributed by atoms with Gasteiger partial charge in [-0.25, -0.2) is 0 Å². The summed E-state index contributed by atoms with van der Waals surface area (Å²) < 4.78 is 0. The lowest BCUT2D eigenvalue weighted by Gasteiger charge is -2.12. The van der Waals surface area contributed by atoms with E-state index in [1.54, 1.807) is 38.1 Å². The largest absolute Gasteiger partial charge is 0.325 e. The van der Waals surface area contributed by atoms with Crippen molar-refractivity contribution in [2.45, 2.75) is 37.6 Å². The Balaban J connectivity index is 1.79. The Morgan fingerprint density at radius 2 is 1.84 bits per heavy atom. The second kappa shape index (κ2) is 10.0. The van der Waals surface area contributed by atoms with E-state index >= 15 is 0 Å². The highest BCUT2D eigenvalue weighted by molar-refractivity contribution is 8.00. The molecule has 0 saturated heterocycles. The van der Waals surface area contributed by atoms with Crippen LogP contribution >= 0.6 is 11.8 Å². The number of amides is 2. The minimum Gasteiger partial charge on any atom is -0.325 e. The van der Waals surface area contributed by atoms with Gasteiger partial charge >= 0.3 is 0 Å². The van der Waals surface area contributed by atoms with Crippen LogP contribution in [0.5, 0.6) is 0 Å². The number of nitrogens with one attached hydrogen (secondary N) is 3. The van der Waals surface area contributed by atoms with Crippen molar-refractivity contribution in [2.75, 3.05) is 10.6 Å². The van der Waals surface area contributed by atoms with Crippen molar-refractivity contribution >= 4 is 35.0 Å². The van der Waals surface area contributed by atoms with Crippen molar-refractivity contribution in [3.63, 3.8) is 0 Å². The first-order valence-electron chi connectivity index (χ1n) is 9.77. The Hall–Kier alpha value is -3.46. The Kier molecular flexibility index (Phi) is 7.19. The van der Waals surface area contributed by atoms with E-state index in [4.69, 9.17) is 0 Å². The predicted octanol–water partition coefficient (Wildman–Crippen LogP) is 3.61. The number of nitrogens with zero attached hydrogens (tertiary/aromatic N) is 2. The lowest BCUT2D eigenvalue weighted by molar-refractivity contribution is -0.116. The maximum atomic E-state index is 12.7. The fourth-order valence-corrected chi connectivity index (χ4v) is 3.48. The lowest BCUT2D eigenvalue weighted by Crippen LogP contribution is -2.23. The number of benzene rings is 2. The van der Waals surface area contributed by atoms with Crippen LogP contribution < -0.4 is 16.2 Å². The summed E-state index contributed by atoms with van der Waals surface area (Å²) in [5.41, 5.74) is 2.23. The number of aryl methyl sites for hydroxylation is 1. The Morgan fingerprint density at radius 3 is 2.52 bits per heavy atom. The monoisotopic (exact) mass is 437 g/mol. The van der Waals surface area contributed by atoms with Crippen molar-refractivity contribution in [1.29, 1.82) is 0 Å². The summed E-state index contributed by atoms with van der Waals surface area (Å²) in [6.45, 7) is 5.35. The quantitative estimate of drug-likeness (QED) is 0.486. The lowest BCUT2D eigenvalue weighted by atomic mass is 10.1. The number of thioether (sulfide) groups is 1. The first kappa shape index (κ1) is 22.2. The van der Waals surface area contributed by atoms with Crippen LogP contribution in [0.3, 0.4) is 0 Å². The number of rotatable bonds is 7. The van der Waals surface area contributed by atoms with E-state index in [-0.39, 0.29) is 22.7 Å². The van der Waals surface area contributed by atoms with Gasteiger partial charge in [0.2, 0.25) is 11.8 Å². The molecule has 0 aliphatic carbocycles. The van der Waals surface area contributed by atoms with Gasteiger partial charge in [0.1, 0.15) is 0 Å². The molecule has 31 heavy (non-hydrogen) atoms.